The molecule has 3 amide bonds. The predicted molar refractivity (Wildman–Crippen MR) is 97.4 cm³/mol. The molecule has 1 aliphatic heterocycles. The highest BCUT2D eigenvalue weighted by Crippen LogP contribution is 2.39. The van der Waals surface area contributed by atoms with Crippen LogP contribution in [0.3, 0.4) is 0 Å². The summed E-state index contributed by atoms with van der Waals surface area (Å²) in [7, 11) is 0. The molecule has 0 spiro atoms. The molecule has 2 aliphatic carbocycles. The van der Waals surface area contributed by atoms with Crippen LogP contribution in [0.4, 0.5) is 0 Å². The van der Waals surface area contributed by atoms with Gasteiger partial charge in [0.1, 0.15) is 6.04 Å². The summed E-state index contributed by atoms with van der Waals surface area (Å²) in [6, 6.07) is 4.85. The molecule has 1 aromatic carbocycles. The minimum atomic E-state index is -0.767. The van der Waals surface area contributed by atoms with Crippen LogP contribution in [0.5, 0.6) is 0 Å². The summed E-state index contributed by atoms with van der Waals surface area (Å²) in [5.41, 5.74) is 2.22. The third-order valence-electron chi connectivity index (χ3n) is 6.14. The Balaban J connectivity index is 1.47. The highest BCUT2D eigenvalue weighted by atomic mass is 35.5. The fraction of sp³-hybridized carbons (Fsp3) is 0.550. The first-order chi connectivity index (χ1) is 12.5. The number of rotatable bonds is 3. The summed E-state index contributed by atoms with van der Waals surface area (Å²) in [5, 5.41) is 3.72. The minimum Gasteiger partial charge on any atom is -0.347 e. The molecule has 2 fully saturated rings. The van der Waals surface area contributed by atoms with Crippen LogP contribution < -0.4 is 5.32 Å². The summed E-state index contributed by atoms with van der Waals surface area (Å²) in [4.78, 5) is 39.4. The highest BCUT2D eigenvalue weighted by Gasteiger charge is 2.50. The van der Waals surface area contributed by atoms with Gasteiger partial charge in [0, 0.05) is 5.02 Å². The Morgan fingerprint density at radius 3 is 2.46 bits per heavy atom. The van der Waals surface area contributed by atoms with E-state index in [4.69, 9.17) is 11.6 Å². The van der Waals surface area contributed by atoms with Gasteiger partial charge in [0.25, 0.3) is 0 Å². The standard InChI is InChI=1S/C20H23ClN2O3/c1-11(23-19(25)15-4-2-3-5-16(15)20(23)26)18(24)22-17-9-6-12-10-13(21)7-8-14(12)17/h7-8,10-11,15-17H,2-6,9H2,1H3,(H,22,24). The van der Waals surface area contributed by atoms with E-state index in [1.165, 1.54) is 4.90 Å². The third kappa shape index (κ3) is 2.82. The highest BCUT2D eigenvalue weighted by molar-refractivity contribution is 6.30. The molecule has 0 aromatic heterocycles. The van der Waals surface area contributed by atoms with Crippen LogP contribution in [-0.2, 0) is 20.8 Å². The molecule has 1 saturated carbocycles. The van der Waals surface area contributed by atoms with Gasteiger partial charge in [-0.2, -0.15) is 0 Å². The monoisotopic (exact) mass is 374 g/mol. The van der Waals surface area contributed by atoms with Crippen molar-refractivity contribution >= 4 is 29.3 Å². The van der Waals surface area contributed by atoms with Crippen molar-refractivity contribution in [1.82, 2.24) is 10.2 Å². The van der Waals surface area contributed by atoms with Crippen LogP contribution >= 0.6 is 11.6 Å². The molecule has 5 nitrogen and oxygen atoms in total. The van der Waals surface area contributed by atoms with Gasteiger partial charge in [-0.3, -0.25) is 19.3 Å². The van der Waals surface area contributed by atoms with E-state index >= 15 is 0 Å². The molecule has 4 atom stereocenters. The zero-order valence-electron chi connectivity index (χ0n) is 14.8. The maximum Gasteiger partial charge on any atom is 0.243 e. The maximum absolute atomic E-state index is 12.8. The number of carbonyl (C=O) groups excluding carboxylic acids is 3. The normalized spacial score (nSPS) is 28.7. The first-order valence-electron chi connectivity index (χ1n) is 9.43. The topological polar surface area (TPSA) is 66.5 Å². The van der Waals surface area contributed by atoms with Gasteiger partial charge in [-0.15, -0.1) is 0 Å². The first-order valence-corrected chi connectivity index (χ1v) is 9.81. The Labute approximate surface area is 158 Å². The molecule has 3 aliphatic rings. The Hall–Kier alpha value is -1.88. The van der Waals surface area contributed by atoms with Gasteiger partial charge in [-0.05, 0) is 55.9 Å². The maximum atomic E-state index is 12.8. The van der Waals surface area contributed by atoms with E-state index in [1.54, 1.807) is 6.92 Å². The molecular weight excluding hydrogens is 352 g/mol. The lowest BCUT2D eigenvalue weighted by Crippen LogP contribution is -2.48. The average molecular weight is 375 g/mol. The smallest absolute Gasteiger partial charge is 0.243 e. The van der Waals surface area contributed by atoms with Gasteiger partial charge in [-0.25, -0.2) is 0 Å². The number of hydrogen-bond acceptors (Lipinski definition) is 3. The predicted octanol–water partition coefficient (Wildman–Crippen LogP) is 3.01. The molecule has 1 aromatic rings. The van der Waals surface area contributed by atoms with Crippen LogP contribution in [0.1, 0.15) is 56.2 Å². The molecule has 1 heterocycles. The number of hydrogen-bond donors (Lipinski definition) is 1. The van der Waals surface area contributed by atoms with Gasteiger partial charge in [-0.1, -0.05) is 30.5 Å². The molecule has 4 unspecified atom stereocenters. The summed E-state index contributed by atoms with van der Waals surface area (Å²) >= 11 is 6.04. The molecule has 138 valence electrons. The van der Waals surface area contributed by atoms with Crippen molar-refractivity contribution in [2.45, 2.75) is 57.5 Å². The number of nitrogens with one attached hydrogen (secondary N) is 1. The van der Waals surface area contributed by atoms with Crippen LogP contribution in [0, 0.1) is 11.8 Å². The van der Waals surface area contributed by atoms with E-state index in [9.17, 15) is 14.4 Å². The second-order valence-corrected chi connectivity index (χ2v) is 8.10. The van der Waals surface area contributed by atoms with Crippen molar-refractivity contribution < 1.29 is 14.4 Å². The number of nitrogens with zero attached hydrogens (tertiary/aromatic N) is 1. The van der Waals surface area contributed by atoms with Crippen molar-refractivity contribution in [3.8, 4) is 0 Å². The second kappa shape index (κ2) is 6.69. The number of benzene rings is 1. The Morgan fingerprint density at radius 1 is 1.15 bits per heavy atom. The molecule has 1 N–H and O–H groups in total. The Morgan fingerprint density at radius 2 is 1.81 bits per heavy atom. The lowest BCUT2D eigenvalue weighted by Gasteiger charge is -2.24. The largest absolute Gasteiger partial charge is 0.347 e. The van der Waals surface area contributed by atoms with Gasteiger partial charge in [0.15, 0.2) is 0 Å². The van der Waals surface area contributed by atoms with Crippen molar-refractivity contribution in [2.75, 3.05) is 0 Å². The first kappa shape index (κ1) is 17.5. The van der Waals surface area contributed by atoms with Gasteiger partial charge < -0.3 is 5.32 Å². The van der Waals surface area contributed by atoms with Crippen LogP contribution in [0.25, 0.3) is 0 Å². The minimum absolute atomic E-state index is 0.0905. The molecular formula is C20H23ClN2O3. The summed E-state index contributed by atoms with van der Waals surface area (Å²) in [5.74, 6) is -1.04. The molecule has 0 bridgehead atoms. The van der Waals surface area contributed by atoms with Crippen molar-refractivity contribution in [1.29, 1.82) is 0 Å². The van der Waals surface area contributed by atoms with E-state index < -0.39 is 6.04 Å². The average Bonchev–Trinajstić information content (AvgIpc) is 3.13. The van der Waals surface area contributed by atoms with E-state index in [0.29, 0.717) is 5.02 Å². The van der Waals surface area contributed by atoms with E-state index in [0.717, 1.165) is 49.7 Å². The number of aryl methyl sites for hydroxylation is 1. The SMILES string of the molecule is CC(C(=O)NC1CCc2cc(Cl)ccc21)N1C(=O)C2CCCCC2C1=O. The summed E-state index contributed by atoms with van der Waals surface area (Å²) in [6.07, 6.45) is 5.15. The van der Waals surface area contributed by atoms with Crippen molar-refractivity contribution in [3.05, 3.63) is 34.3 Å². The molecule has 0 radical (unpaired) electrons. The van der Waals surface area contributed by atoms with Gasteiger partial charge in [0.2, 0.25) is 17.7 Å². The van der Waals surface area contributed by atoms with E-state index in [2.05, 4.69) is 5.32 Å². The van der Waals surface area contributed by atoms with Crippen molar-refractivity contribution in [3.63, 3.8) is 0 Å². The van der Waals surface area contributed by atoms with Gasteiger partial charge >= 0.3 is 0 Å². The fourth-order valence-corrected chi connectivity index (χ4v) is 4.91. The molecule has 1 saturated heterocycles. The number of fused-ring (bicyclic) bond motifs is 2. The number of carbonyl (C=O) groups is 3. The summed E-state index contributed by atoms with van der Waals surface area (Å²) in [6.45, 7) is 1.65. The summed E-state index contributed by atoms with van der Waals surface area (Å²) < 4.78 is 0. The van der Waals surface area contributed by atoms with E-state index in [-0.39, 0.29) is 35.6 Å². The third-order valence-corrected chi connectivity index (χ3v) is 6.38. The van der Waals surface area contributed by atoms with Crippen LogP contribution in [0.15, 0.2) is 18.2 Å². The lowest BCUT2D eigenvalue weighted by molar-refractivity contribution is -0.147. The lowest BCUT2D eigenvalue weighted by atomic mass is 9.81. The molecule has 6 heteroatoms. The number of halogens is 1. The fourth-order valence-electron chi connectivity index (χ4n) is 4.72. The second-order valence-electron chi connectivity index (χ2n) is 7.66. The van der Waals surface area contributed by atoms with E-state index in [1.807, 2.05) is 18.2 Å². The zero-order chi connectivity index (χ0) is 18.4. The van der Waals surface area contributed by atoms with Gasteiger partial charge in [0.05, 0.1) is 17.9 Å². The Bertz CT molecular complexity index is 754. The molecule has 4 rings (SSSR count). The van der Waals surface area contributed by atoms with Crippen LogP contribution in [0.2, 0.25) is 5.02 Å². The number of amides is 3. The number of imide groups is 1. The Kier molecular flexibility index (Phi) is 4.51. The zero-order valence-corrected chi connectivity index (χ0v) is 15.6. The number of likely N-dealkylation sites (tertiary alicyclic amines) is 1. The van der Waals surface area contributed by atoms with Crippen molar-refractivity contribution in [2.24, 2.45) is 11.8 Å². The quantitative estimate of drug-likeness (QED) is 0.827. The van der Waals surface area contributed by atoms with Crippen LogP contribution in [-0.4, -0.2) is 28.7 Å². The molecule has 26 heavy (non-hydrogen) atoms.